The summed E-state index contributed by atoms with van der Waals surface area (Å²) in [5.41, 5.74) is 2.57. The molecule has 112 valence electrons. The number of rotatable bonds is 5. The van der Waals surface area contributed by atoms with Crippen molar-refractivity contribution >= 4 is 41.8 Å². The Morgan fingerprint density at radius 2 is 1.68 bits per heavy atom. The van der Waals surface area contributed by atoms with Crippen LogP contribution in [0.15, 0.2) is 60.7 Å². The molecule has 0 aliphatic carbocycles. The van der Waals surface area contributed by atoms with Crippen LogP contribution in [0.4, 0.5) is 0 Å². The van der Waals surface area contributed by atoms with Gasteiger partial charge in [-0.15, -0.1) is 0 Å². The molecule has 0 spiro atoms. The van der Waals surface area contributed by atoms with Crippen LogP contribution in [0.25, 0.3) is 21.9 Å². The van der Waals surface area contributed by atoms with Gasteiger partial charge in [0.2, 0.25) is 0 Å². The molecule has 0 amide bonds. The van der Waals surface area contributed by atoms with Crippen LogP contribution >= 0.6 is 11.6 Å². The van der Waals surface area contributed by atoms with E-state index in [-0.39, 0.29) is 0 Å². The van der Waals surface area contributed by atoms with Gasteiger partial charge in [0.1, 0.15) is 0 Å². The van der Waals surface area contributed by atoms with Crippen molar-refractivity contribution in [3.8, 4) is 11.1 Å². The van der Waals surface area contributed by atoms with Crippen LogP contribution in [0.1, 0.15) is 19.8 Å². The summed E-state index contributed by atoms with van der Waals surface area (Å²) in [6.45, 7) is 2.25. The van der Waals surface area contributed by atoms with E-state index in [9.17, 15) is 0 Å². The fraction of sp³-hybridized carbons (Fsp3) is 0.200. The molecule has 0 aromatic heterocycles. The summed E-state index contributed by atoms with van der Waals surface area (Å²) in [6.07, 6.45) is 2.52. The number of halogens is 1. The van der Waals surface area contributed by atoms with Gasteiger partial charge in [0, 0.05) is 0 Å². The predicted octanol–water partition coefficient (Wildman–Crippen LogP) is 5.71. The van der Waals surface area contributed by atoms with Gasteiger partial charge in [-0.1, -0.05) is 0 Å². The summed E-state index contributed by atoms with van der Waals surface area (Å²) in [5, 5.41) is 4.60. The molecule has 0 unspecified atom stereocenters. The van der Waals surface area contributed by atoms with Gasteiger partial charge in [-0.2, -0.15) is 0 Å². The van der Waals surface area contributed by atoms with Gasteiger partial charge in [-0.3, -0.25) is 0 Å². The van der Waals surface area contributed by atoms with E-state index in [1.54, 1.807) is 0 Å². The van der Waals surface area contributed by atoms with E-state index in [1.807, 2.05) is 0 Å². The SMILES string of the molecule is CCCC[Se]c1c(-c2ccccc2)cc2ccccc2c1Cl. The van der Waals surface area contributed by atoms with Crippen LogP contribution in [-0.4, -0.2) is 15.0 Å². The van der Waals surface area contributed by atoms with Crippen LogP contribution in [0.5, 0.6) is 0 Å². The molecule has 0 N–H and O–H groups in total. The topological polar surface area (TPSA) is 0 Å². The van der Waals surface area contributed by atoms with E-state index in [0.29, 0.717) is 15.0 Å². The van der Waals surface area contributed by atoms with Gasteiger partial charge in [0.25, 0.3) is 0 Å². The monoisotopic (exact) mass is 374 g/mol. The average Bonchev–Trinajstić information content (AvgIpc) is 2.57. The Labute approximate surface area is 143 Å². The van der Waals surface area contributed by atoms with Crippen molar-refractivity contribution in [2.24, 2.45) is 0 Å². The molecule has 0 atom stereocenters. The zero-order valence-corrected chi connectivity index (χ0v) is 15.2. The van der Waals surface area contributed by atoms with Gasteiger partial charge in [-0.05, 0) is 0 Å². The van der Waals surface area contributed by atoms with Crippen molar-refractivity contribution in [3.05, 3.63) is 65.7 Å². The van der Waals surface area contributed by atoms with Crippen LogP contribution in [-0.2, 0) is 0 Å². The first-order valence-corrected chi connectivity index (χ1v) is 10.2. The Hall–Kier alpha value is -1.27. The maximum atomic E-state index is 6.79. The van der Waals surface area contributed by atoms with Crippen molar-refractivity contribution < 1.29 is 0 Å². The average molecular weight is 374 g/mol. The number of hydrogen-bond acceptors (Lipinski definition) is 0. The Bertz CT molecular complexity index is 765. The summed E-state index contributed by atoms with van der Waals surface area (Å²) in [7, 11) is 0. The van der Waals surface area contributed by atoms with Crippen LogP contribution in [0, 0.1) is 0 Å². The van der Waals surface area contributed by atoms with Crippen LogP contribution in [0.2, 0.25) is 10.3 Å². The van der Waals surface area contributed by atoms with E-state index < -0.39 is 0 Å². The van der Waals surface area contributed by atoms with Crippen LogP contribution < -0.4 is 4.46 Å². The second kappa shape index (κ2) is 7.33. The molecule has 0 radical (unpaired) electrons. The predicted molar refractivity (Wildman–Crippen MR) is 99.5 cm³/mol. The molecular weight excluding hydrogens is 355 g/mol. The molecule has 22 heavy (non-hydrogen) atoms. The summed E-state index contributed by atoms with van der Waals surface area (Å²) in [5.74, 6) is 0. The summed E-state index contributed by atoms with van der Waals surface area (Å²) < 4.78 is 1.35. The summed E-state index contributed by atoms with van der Waals surface area (Å²) >= 11 is 7.21. The number of hydrogen-bond donors (Lipinski definition) is 0. The quantitative estimate of drug-likeness (QED) is 0.397. The van der Waals surface area contributed by atoms with Gasteiger partial charge in [-0.25, -0.2) is 0 Å². The number of benzene rings is 3. The maximum absolute atomic E-state index is 6.79. The third kappa shape index (κ3) is 3.22. The van der Waals surface area contributed by atoms with E-state index >= 15 is 0 Å². The molecule has 0 fully saturated rings. The minimum absolute atomic E-state index is 0.419. The summed E-state index contributed by atoms with van der Waals surface area (Å²) in [4.78, 5) is 0. The molecule has 0 bridgehead atoms. The first-order chi connectivity index (χ1) is 10.8. The molecule has 0 nitrogen and oxygen atoms in total. The van der Waals surface area contributed by atoms with Gasteiger partial charge >= 0.3 is 144 Å². The Balaban J connectivity index is 2.17. The van der Waals surface area contributed by atoms with Crippen molar-refractivity contribution in [1.29, 1.82) is 0 Å². The van der Waals surface area contributed by atoms with Crippen molar-refractivity contribution in [2.45, 2.75) is 25.1 Å². The zero-order chi connectivity index (χ0) is 15.4. The Kier molecular flexibility index (Phi) is 5.20. The standard InChI is InChI=1S/C20H19ClSe/c1-2-3-13-22-20-18(15-9-5-4-6-10-15)14-16-11-7-8-12-17(16)19(20)21/h4-12,14H,2-3,13H2,1H3. The normalized spacial score (nSPS) is 11.0. The van der Waals surface area contributed by atoms with Gasteiger partial charge in [0.15, 0.2) is 0 Å². The van der Waals surface area contributed by atoms with Gasteiger partial charge < -0.3 is 0 Å². The molecular formula is C20H19ClSe. The molecule has 3 aromatic carbocycles. The molecule has 3 rings (SSSR count). The molecule has 0 saturated carbocycles. The number of unbranched alkanes of at least 4 members (excludes halogenated alkanes) is 1. The second-order valence-electron chi connectivity index (χ2n) is 5.36. The summed E-state index contributed by atoms with van der Waals surface area (Å²) in [6, 6.07) is 21.4. The van der Waals surface area contributed by atoms with Crippen molar-refractivity contribution in [2.75, 3.05) is 0 Å². The first kappa shape index (κ1) is 15.6. The Morgan fingerprint density at radius 3 is 2.45 bits per heavy atom. The third-order valence-corrected chi connectivity index (χ3v) is 6.95. The van der Waals surface area contributed by atoms with Crippen molar-refractivity contribution in [1.82, 2.24) is 0 Å². The van der Waals surface area contributed by atoms with Crippen LogP contribution in [0.3, 0.4) is 0 Å². The van der Waals surface area contributed by atoms with Gasteiger partial charge in [0.05, 0.1) is 0 Å². The van der Waals surface area contributed by atoms with E-state index in [0.717, 1.165) is 5.02 Å². The molecule has 0 aliphatic rings. The third-order valence-electron chi connectivity index (χ3n) is 3.77. The zero-order valence-electron chi connectivity index (χ0n) is 12.7. The number of fused-ring (bicyclic) bond motifs is 1. The second-order valence-corrected chi connectivity index (χ2v) is 8.05. The van der Waals surface area contributed by atoms with E-state index in [4.69, 9.17) is 11.6 Å². The molecule has 0 saturated heterocycles. The Morgan fingerprint density at radius 1 is 0.955 bits per heavy atom. The molecule has 0 aliphatic heterocycles. The fourth-order valence-electron chi connectivity index (χ4n) is 2.58. The molecule has 0 heterocycles. The van der Waals surface area contributed by atoms with E-state index in [1.165, 1.54) is 44.5 Å². The molecule has 2 heteroatoms. The molecule has 3 aromatic rings. The minimum atomic E-state index is 0.419. The van der Waals surface area contributed by atoms with E-state index in [2.05, 4.69) is 67.6 Å². The fourth-order valence-corrected chi connectivity index (χ4v) is 5.66. The van der Waals surface area contributed by atoms with Crippen molar-refractivity contribution in [3.63, 3.8) is 0 Å². The first-order valence-electron chi connectivity index (χ1n) is 7.70.